The van der Waals surface area contributed by atoms with Crippen molar-refractivity contribution in [2.75, 3.05) is 18.4 Å². The smallest absolute Gasteiger partial charge is 0.232 e. The molecule has 0 bridgehead atoms. The molecule has 1 aromatic carbocycles. The zero-order valence-electron chi connectivity index (χ0n) is 11.4. The average molecular weight is 286 g/mol. The van der Waals surface area contributed by atoms with Crippen molar-refractivity contribution < 1.29 is 18.0 Å². The molecule has 1 aromatic rings. The Labute approximate surface area is 115 Å². The quantitative estimate of drug-likeness (QED) is 0.839. The molecule has 2 N–H and O–H groups in total. The van der Waals surface area contributed by atoms with Gasteiger partial charge in [0, 0.05) is 18.7 Å². The van der Waals surface area contributed by atoms with Crippen LogP contribution in [0.15, 0.2) is 12.1 Å². The van der Waals surface area contributed by atoms with Crippen molar-refractivity contribution in [1.29, 1.82) is 0 Å². The van der Waals surface area contributed by atoms with Gasteiger partial charge >= 0.3 is 0 Å². The molecular formula is C14H17F3N2O. The number of anilines is 1. The maximum atomic E-state index is 13.6. The number of carbonyl (C=O) groups excluding carboxylic acids is 1. The van der Waals surface area contributed by atoms with Crippen LogP contribution < -0.4 is 10.6 Å². The van der Waals surface area contributed by atoms with Crippen LogP contribution >= 0.6 is 0 Å². The summed E-state index contributed by atoms with van der Waals surface area (Å²) in [5, 5.41) is 5.42. The van der Waals surface area contributed by atoms with Gasteiger partial charge in [-0.25, -0.2) is 13.2 Å². The molecular weight excluding hydrogens is 269 g/mol. The van der Waals surface area contributed by atoms with E-state index >= 15 is 0 Å². The van der Waals surface area contributed by atoms with Crippen LogP contribution in [-0.4, -0.2) is 19.0 Å². The summed E-state index contributed by atoms with van der Waals surface area (Å²) in [6, 6.07) is 1.23. The van der Waals surface area contributed by atoms with E-state index in [-0.39, 0.29) is 5.92 Å². The Morgan fingerprint density at radius 1 is 1.35 bits per heavy atom. The number of hydrogen-bond acceptors (Lipinski definition) is 2. The lowest BCUT2D eigenvalue weighted by atomic mass is 9.75. The lowest BCUT2D eigenvalue weighted by molar-refractivity contribution is -0.126. The average Bonchev–Trinajstić information content (AvgIpc) is 2.85. The summed E-state index contributed by atoms with van der Waals surface area (Å²) in [6.45, 7) is 4.95. The van der Waals surface area contributed by atoms with Crippen molar-refractivity contribution in [3.63, 3.8) is 0 Å². The molecule has 1 aliphatic rings. The van der Waals surface area contributed by atoms with Crippen molar-refractivity contribution in [3.8, 4) is 0 Å². The van der Waals surface area contributed by atoms with Gasteiger partial charge in [-0.1, -0.05) is 13.8 Å². The first-order valence-electron chi connectivity index (χ1n) is 6.53. The molecule has 1 heterocycles. The summed E-state index contributed by atoms with van der Waals surface area (Å²) < 4.78 is 39.8. The molecule has 3 nitrogen and oxygen atoms in total. The minimum atomic E-state index is -1.32. The monoisotopic (exact) mass is 286 g/mol. The number of halogens is 3. The number of rotatable bonds is 3. The summed E-state index contributed by atoms with van der Waals surface area (Å²) in [7, 11) is 0. The fourth-order valence-electron chi connectivity index (χ4n) is 2.55. The summed E-state index contributed by atoms with van der Waals surface area (Å²) in [4.78, 5) is 12.4. The van der Waals surface area contributed by atoms with E-state index in [9.17, 15) is 18.0 Å². The van der Waals surface area contributed by atoms with Crippen LogP contribution in [0, 0.1) is 28.8 Å². The number of nitrogens with one attached hydrogen (secondary N) is 2. The molecule has 1 fully saturated rings. The fourth-order valence-corrected chi connectivity index (χ4v) is 2.55. The van der Waals surface area contributed by atoms with Crippen molar-refractivity contribution in [2.24, 2.45) is 11.3 Å². The van der Waals surface area contributed by atoms with Crippen LogP contribution in [0.5, 0.6) is 0 Å². The number of benzene rings is 1. The highest BCUT2D eigenvalue weighted by Crippen LogP contribution is 2.35. The number of carbonyl (C=O) groups is 1. The zero-order valence-corrected chi connectivity index (χ0v) is 11.4. The lowest BCUT2D eigenvalue weighted by Crippen LogP contribution is -2.42. The molecule has 1 atom stereocenters. The third kappa shape index (κ3) is 2.52. The van der Waals surface area contributed by atoms with Gasteiger partial charge in [0.25, 0.3) is 0 Å². The van der Waals surface area contributed by atoms with Gasteiger partial charge in [-0.3, -0.25) is 4.79 Å². The summed E-state index contributed by atoms with van der Waals surface area (Å²) in [5.74, 6) is -3.88. The molecule has 0 aromatic heterocycles. The van der Waals surface area contributed by atoms with Crippen LogP contribution in [-0.2, 0) is 4.79 Å². The molecule has 0 aliphatic carbocycles. The van der Waals surface area contributed by atoms with E-state index < -0.39 is 34.5 Å². The Morgan fingerprint density at radius 2 is 2.05 bits per heavy atom. The molecule has 1 unspecified atom stereocenters. The second-order valence-electron chi connectivity index (χ2n) is 5.44. The normalized spacial score (nSPS) is 22.3. The van der Waals surface area contributed by atoms with Crippen LogP contribution in [0.25, 0.3) is 0 Å². The molecule has 0 spiro atoms. The van der Waals surface area contributed by atoms with Crippen molar-refractivity contribution >= 4 is 11.6 Å². The Morgan fingerprint density at radius 3 is 2.60 bits per heavy atom. The van der Waals surface area contributed by atoms with E-state index in [1.54, 1.807) is 0 Å². The predicted molar refractivity (Wildman–Crippen MR) is 69.7 cm³/mol. The second-order valence-corrected chi connectivity index (χ2v) is 5.44. The summed E-state index contributed by atoms with van der Waals surface area (Å²) in [6.07, 6.45) is 0.607. The van der Waals surface area contributed by atoms with E-state index in [1.165, 1.54) is 0 Å². The Balaban J connectivity index is 2.27. The fraction of sp³-hybridized carbons (Fsp3) is 0.500. The first-order valence-corrected chi connectivity index (χ1v) is 6.53. The molecule has 1 saturated heterocycles. The summed E-state index contributed by atoms with van der Waals surface area (Å²) >= 11 is 0. The van der Waals surface area contributed by atoms with Gasteiger partial charge in [0.05, 0.1) is 11.1 Å². The second kappa shape index (κ2) is 5.44. The van der Waals surface area contributed by atoms with Gasteiger partial charge in [0.2, 0.25) is 5.91 Å². The van der Waals surface area contributed by atoms with E-state index in [2.05, 4.69) is 10.6 Å². The molecule has 1 aliphatic heterocycles. The summed E-state index contributed by atoms with van der Waals surface area (Å²) in [5.41, 5.74) is -1.14. The SMILES string of the molecule is CC(C)C1(C(=O)Nc2cc(F)cc(F)c2F)CCNC1. The highest BCUT2D eigenvalue weighted by Gasteiger charge is 2.44. The predicted octanol–water partition coefficient (Wildman–Crippen LogP) is 2.68. The third-order valence-electron chi connectivity index (χ3n) is 3.99. The molecule has 110 valence electrons. The topological polar surface area (TPSA) is 41.1 Å². The van der Waals surface area contributed by atoms with Crippen molar-refractivity contribution in [2.45, 2.75) is 20.3 Å². The number of amides is 1. The first-order chi connectivity index (χ1) is 9.36. The van der Waals surface area contributed by atoms with Gasteiger partial charge in [-0.05, 0) is 18.9 Å². The van der Waals surface area contributed by atoms with Crippen molar-refractivity contribution in [3.05, 3.63) is 29.6 Å². The molecule has 2 rings (SSSR count). The van der Waals surface area contributed by atoms with Gasteiger partial charge in [-0.2, -0.15) is 0 Å². The van der Waals surface area contributed by atoms with E-state index in [1.807, 2.05) is 13.8 Å². The lowest BCUT2D eigenvalue weighted by Gasteiger charge is -2.31. The molecule has 1 amide bonds. The standard InChI is InChI=1S/C14H17F3N2O/c1-8(2)14(3-4-18-7-14)13(20)19-11-6-9(15)5-10(16)12(11)17/h5-6,8,18H,3-4,7H2,1-2H3,(H,19,20). The maximum absolute atomic E-state index is 13.6. The zero-order chi connectivity index (χ0) is 14.9. The van der Waals surface area contributed by atoms with Crippen LogP contribution in [0.2, 0.25) is 0 Å². The van der Waals surface area contributed by atoms with Crippen LogP contribution in [0.4, 0.5) is 18.9 Å². The molecule has 20 heavy (non-hydrogen) atoms. The van der Waals surface area contributed by atoms with Gasteiger partial charge in [0.1, 0.15) is 5.82 Å². The minimum absolute atomic E-state index is 0.0268. The Kier molecular flexibility index (Phi) is 4.04. The Bertz CT molecular complexity index is 525. The van der Waals surface area contributed by atoms with E-state index in [0.29, 0.717) is 25.6 Å². The molecule has 6 heteroatoms. The maximum Gasteiger partial charge on any atom is 0.232 e. The van der Waals surface area contributed by atoms with E-state index in [4.69, 9.17) is 0 Å². The molecule has 0 radical (unpaired) electrons. The largest absolute Gasteiger partial charge is 0.323 e. The minimum Gasteiger partial charge on any atom is -0.323 e. The number of hydrogen-bond donors (Lipinski definition) is 2. The van der Waals surface area contributed by atoms with Crippen LogP contribution in [0.3, 0.4) is 0 Å². The third-order valence-corrected chi connectivity index (χ3v) is 3.99. The molecule has 0 saturated carbocycles. The van der Waals surface area contributed by atoms with Gasteiger partial charge in [-0.15, -0.1) is 0 Å². The first kappa shape index (κ1) is 14.8. The highest BCUT2D eigenvalue weighted by atomic mass is 19.2. The van der Waals surface area contributed by atoms with Crippen molar-refractivity contribution in [1.82, 2.24) is 5.32 Å². The van der Waals surface area contributed by atoms with Gasteiger partial charge < -0.3 is 10.6 Å². The highest BCUT2D eigenvalue weighted by molar-refractivity contribution is 5.96. The van der Waals surface area contributed by atoms with Crippen LogP contribution in [0.1, 0.15) is 20.3 Å². The van der Waals surface area contributed by atoms with Gasteiger partial charge in [0.15, 0.2) is 11.6 Å². The van der Waals surface area contributed by atoms with E-state index in [0.717, 1.165) is 6.07 Å². The Hall–Kier alpha value is -1.56.